The van der Waals surface area contributed by atoms with Gasteiger partial charge in [0.15, 0.2) is 6.23 Å². The molecule has 1 aliphatic rings. The van der Waals surface area contributed by atoms with Crippen LogP contribution in [0.3, 0.4) is 0 Å². The van der Waals surface area contributed by atoms with Gasteiger partial charge in [-0.15, -0.1) is 0 Å². The molecule has 0 aliphatic carbocycles. The minimum atomic E-state index is 0.00502. The van der Waals surface area contributed by atoms with Gasteiger partial charge in [-0.25, -0.2) is 9.67 Å². The fourth-order valence-corrected chi connectivity index (χ4v) is 3.01. The van der Waals surface area contributed by atoms with E-state index in [4.69, 9.17) is 10.5 Å². The number of hydrogen-bond acceptors (Lipinski definition) is 4. The number of nitrogen functional groups attached to an aromatic ring is 1. The highest BCUT2D eigenvalue weighted by molar-refractivity contribution is 5.92. The molecule has 1 aromatic carbocycles. The van der Waals surface area contributed by atoms with Crippen molar-refractivity contribution in [3.8, 4) is 5.69 Å². The summed E-state index contributed by atoms with van der Waals surface area (Å²) in [7, 11) is 0. The van der Waals surface area contributed by atoms with Crippen LogP contribution in [0.2, 0.25) is 0 Å². The van der Waals surface area contributed by atoms with Crippen molar-refractivity contribution in [1.29, 1.82) is 0 Å². The molecule has 3 heterocycles. The molecular weight excluding hydrogens is 278 g/mol. The van der Waals surface area contributed by atoms with Gasteiger partial charge >= 0.3 is 0 Å². The summed E-state index contributed by atoms with van der Waals surface area (Å²) in [6.45, 7) is 2.76. The van der Waals surface area contributed by atoms with E-state index in [0.717, 1.165) is 47.4 Å². The van der Waals surface area contributed by atoms with E-state index in [1.807, 2.05) is 34.6 Å². The fraction of sp³-hybridized carbons (Fsp3) is 0.375. The molecule has 0 saturated carbocycles. The predicted molar refractivity (Wildman–Crippen MR) is 84.8 cm³/mol. The Bertz CT molecular complexity index is 813. The quantitative estimate of drug-likeness (QED) is 0.738. The van der Waals surface area contributed by atoms with Gasteiger partial charge in [-0.3, -0.25) is 0 Å². The van der Waals surface area contributed by atoms with E-state index in [9.17, 15) is 0 Å². The third kappa shape index (κ3) is 2.16. The van der Waals surface area contributed by atoms with Crippen LogP contribution in [0.5, 0.6) is 0 Å². The second-order valence-electron chi connectivity index (χ2n) is 5.80. The predicted octanol–water partition coefficient (Wildman–Crippen LogP) is 2.81. The third-order valence-electron chi connectivity index (χ3n) is 4.17. The molecule has 1 aliphatic heterocycles. The van der Waals surface area contributed by atoms with Crippen molar-refractivity contribution in [3.63, 3.8) is 0 Å². The van der Waals surface area contributed by atoms with Crippen LogP contribution in [0.1, 0.15) is 31.2 Å². The first-order chi connectivity index (χ1) is 10.7. The van der Waals surface area contributed by atoms with Gasteiger partial charge < -0.3 is 15.0 Å². The zero-order valence-electron chi connectivity index (χ0n) is 12.6. The highest BCUT2D eigenvalue weighted by Gasteiger charge is 2.19. The molecule has 22 heavy (non-hydrogen) atoms. The number of hydrogen-bond donors (Lipinski definition) is 1. The maximum Gasteiger partial charge on any atom is 0.150 e. The van der Waals surface area contributed by atoms with Crippen molar-refractivity contribution in [2.45, 2.75) is 32.4 Å². The van der Waals surface area contributed by atoms with Crippen molar-refractivity contribution in [1.82, 2.24) is 19.3 Å². The maximum atomic E-state index is 6.22. The number of ether oxygens (including phenoxy) is 1. The molecular formula is C16H19N5O. The average molecular weight is 297 g/mol. The number of imidazole rings is 1. The monoisotopic (exact) mass is 297 g/mol. The first kappa shape index (κ1) is 13.3. The van der Waals surface area contributed by atoms with Gasteiger partial charge in [0.1, 0.15) is 0 Å². The van der Waals surface area contributed by atoms with E-state index >= 15 is 0 Å². The molecule has 0 bridgehead atoms. The van der Waals surface area contributed by atoms with Gasteiger partial charge in [-0.1, -0.05) is 0 Å². The summed E-state index contributed by atoms with van der Waals surface area (Å²) in [4.78, 5) is 4.28. The number of rotatable bonds is 2. The third-order valence-corrected chi connectivity index (χ3v) is 4.17. The first-order valence-corrected chi connectivity index (χ1v) is 7.62. The Morgan fingerprint density at radius 2 is 2.23 bits per heavy atom. The summed E-state index contributed by atoms with van der Waals surface area (Å²) in [5.74, 6) is 0. The van der Waals surface area contributed by atoms with Crippen molar-refractivity contribution in [2.24, 2.45) is 0 Å². The lowest BCUT2D eigenvalue weighted by Crippen LogP contribution is -2.19. The van der Waals surface area contributed by atoms with Gasteiger partial charge in [-0.05, 0) is 38.3 Å². The first-order valence-electron chi connectivity index (χ1n) is 7.62. The van der Waals surface area contributed by atoms with Crippen molar-refractivity contribution in [2.75, 3.05) is 12.3 Å². The molecule has 2 N–H and O–H groups in total. The van der Waals surface area contributed by atoms with Crippen molar-refractivity contribution < 1.29 is 4.74 Å². The number of benzene rings is 1. The van der Waals surface area contributed by atoms with Crippen LogP contribution in [0.4, 0.5) is 5.69 Å². The summed E-state index contributed by atoms with van der Waals surface area (Å²) in [6.07, 6.45) is 8.90. The van der Waals surface area contributed by atoms with Gasteiger partial charge in [-0.2, -0.15) is 5.10 Å². The molecule has 0 amide bonds. The molecule has 3 aromatic rings. The lowest BCUT2D eigenvalue weighted by molar-refractivity contribution is -0.0366. The standard InChI is InChI=1S/C16H19N5O/c1-11-9-20(10-18-11)12-6-14(17)13-8-19-21(15(13)7-12)16-4-2-3-5-22-16/h6-10,16H,2-5,17H2,1H3. The highest BCUT2D eigenvalue weighted by atomic mass is 16.5. The number of nitrogens with two attached hydrogens (primary N) is 1. The van der Waals surface area contributed by atoms with Crippen LogP contribution in [0.15, 0.2) is 30.9 Å². The number of nitrogens with zero attached hydrogens (tertiary/aromatic N) is 4. The van der Waals surface area contributed by atoms with Gasteiger partial charge in [0.2, 0.25) is 0 Å². The second-order valence-corrected chi connectivity index (χ2v) is 5.80. The fourth-order valence-electron chi connectivity index (χ4n) is 3.01. The Hall–Kier alpha value is -2.34. The van der Waals surface area contributed by atoms with Crippen LogP contribution in [0.25, 0.3) is 16.6 Å². The molecule has 6 heteroatoms. The molecule has 1 unspecified atom stereocenters. The van der Waals surface area contributed by atoms with E-state index in [1.165, 1.54) is 6.42 Å². The average Bonchev–Trinajstić information content (AvgIpc) is 3.14. The Morgan fingerprint density at radius 3 is 2.95 bits per heavy atom. The van der Waals surface area contributed by atoms with Gasteiger partial charge in [0, 0.05) is 23.9 Å². The Balaban J connectivity index is 1.84. The van der Waals surface area contributed by atoms with Crippen molar-refractivity contribution in [3.05, 3.63) is 36.5 Å². The van der Waals surface area contributed by atoms with Crippen LogP contribution in [-0.2, 0) is 4.74 Å². The normalized spacial score (nSPS) is 18.9. The van der Waals surface area contributed by atoms with Crippen LogP contribution in [-0.4, -0.2) is 25.9 Å². The number of aryl methyl sites for hydroxylation is 1. The lowest BCUT2D eigenvalue weighted by Gasteiger charge is -2.23. The van der Waals surface area contributed by atoms with E-state index in [2.05, 4.69) is 16.1 Å². The summed E-state index contributed by atoms with van der Waals surface area (Å²) < 4.78 is 9.79. The van der Waals surface area contributed by atoms with Gasteiger partial charge in [0.05, 0.1) is 29.4 Å². The smallest absolute Gasteiger partial charge is 0.150 e. The zero-order valence-corrected chi connectivity index (χ0v) is 12.6. The van der Waals surface area contributed by atoms with Gasteiger partial charge in [0.25, 0.3) is 0 Å². The highest BCUT2D eigenvalue weighted by Crippen LogP contribution is 2.30. The summed E-state index contributed by atoms with van der Waals surface area (Å²) in [6, 6.07) is 4.05. The summed E-state index contributed by atoms with van der Waals surface area (Å²) >= 11 is 0. The number of aromatic nitrogens is 4. The van der Waals surface area contributed by atoms with Crippen LogP contribution < -0.4 is 5.73 Å². The SMILES string of the molecule is Cc1cn(-c2cc(N)c3cnn(C4CCCCO4)c3c2)cn1. The van der Waals surface area contributed by atoms with Crippen LogP contribution in [0, 0.1) is 6.92 Å². The zero-order chi connectivity index (χ0) is 15.1. The molecule has 0 radical (unpaired) electrons. The molecule has 1 saturated heterocycles. The Kier molecular flexibility index (Phi) is 3.11. The Morgan fingerprint density at radius 1 is 1.32 bits per heavy atom. The molecule has 1 atom stereocenters. The van der Waals surface area contributed by atoms with E-state index in [-0.39, 0.29) is 6.23 Å². The lowest BCUT2D eigenvalue weighted by atomic mass is 10.1. The van der Waals surface area contributed by atoms with E-state index < -0.39 is 0 Å². The molecule has 114 valence electrons. The molecule has 4 rings (SSSR count). The summed E-state index contributed by atoms with van der Waals surface area (Å²) in [5.41, 5.74) is 9.91. The minimum Gasteiger partial charge on any atom is -0.398 e. The molecule has 2 aromatic heterocycles. The van der Waals surface area contributed by atoms with Crippen molar-refractivity contribution >= 4 is 16.6 Å². The largest absolute Gasteiger partial charge is 0.398 e. The van der Waals surface area contributed by atoms with E-state index in [1.54, 1.807) is 6.33 Å². The Labute approximate surface area is 128 Å². The number of fused-ring (bicyclic) bond motifs is 1. The number of anilines is 1. The van der Waals surface area contributed by atoms with Crippen LogP contribution >= 0.6 is 0 Å². The molecule has 0 spiro atoms. The topological polar surface area (TPSA) is 70.9 Å². The second kappa shape index (κ2) is 5.14. The maximum absolute atomic E-state index is 6.22. The van der Waals surface area contributed by atoms with E-state index in [0.29, 0.717) is 0 Å². The molecule has 6 nitrogen and oxygen atoms in total. The minimum absolute atomic E-state index is 0.00502. The summed E-state index contributed by atoms with van der Waals surface area (Å²) in [5, 5.41) is 5.47. The molecule has 1 fully saturated rings.